The van der Waals surface area contributed by atoms with E-state index in [1.165, 1.54) is 18.0 Å². The minimum atomic E-state index is -4.62. The van der Waals surface area contributed by atoms with E-state index < -0.39 is 22.7 Å². The van der Waals surface area contributed by atoms with Gasteiger partial charge in [-0.15, -0.1) is 0 Å². The van der Waals surface area contributed by atoms with Gasteiger partial charge in [-0.3, -0.25) is 9.59 Å². The van der Waals surface area contributed by atoms with Gasteiger partial charge in [0.25, 0.3) is 0 Å². The van der Waals surface area contributed by atoms with Gasteiger partial charge in [-0.1, -0.05) is 11.6 Å². The van der Waals surface area contributed by atoms with Crippen LogP contribution in [0.4, 0.5) is 18.9 Å². The first-order valence-corrected chi connectivity index (χ1v) is 8.05. The summed E-state index contributed by atoms with van der Waals surface area (Å²) in [5.74, 6) is -0.956. The largest absolute Gasteiger partial charge is 0.417 e. The fraction of sp³-hybridized carbons (Fsp3) is 0.500. The highest BCUT2D eigenvalue weighted by Crippen LogP contribution is 2.36. The van der Waals surface area contributed by atoms with E-state index in [9.17, 15) is 22.8 Å². The molecule has 25 heavy (non-hydrogen) atoms. The normalized spacial score (nSPS) is 15.7. The van der Waals surface area contributed by atoms with Crippen LogP contribution in [0.5, 0.6) is 0 Å². The highest BCUT2D eigenvalue weighted by Gasteiger charge is 2.33. The topological polar surface area (TPSA) is 58.6 Å². The van der Waals surface area contributed by atoms with Crippen molar-refractivity contribution in [1.82, 2.24) is 4.90 Å². The molecule has 2 amide bonds. The molecule has 0 saturated carbocycles. The molecule has 0 bridgehead atoms. The zero-order valence-electron chi connectivity index (χ0n) is 13.5. The Labute approximate surface area is 148 Å². The number of nitrogens with zero attached hydrogens (tertiary/aromatic N) is 1. The Morgan fingerprint density at radius 2 is 1.96 bits per heavy atom. The highest BCUT2D eigenvalue weighted by atomic mass is 35.5. The number of benzene rings is 1. The van der Waals surface area contributed by atoms with E-state index in [0.717, 1.165) is 12.1 Å². The molecule has 0 radical (unpaired) electrons. The van der Waals surface area contributed by atoms with Crippen LogP contribution in [-0.2, 0) is 20.5 Å². The first-order chi connectivity index (χ1) is 11.7. The van der Waals surface area contributed by atoms with Gasteiger partial charge in [-0.25, -0.2) is 0 Å². The molecule has 0 unspecified atom stereocenters. The molecule has 1 aliphatic rings. The Morgan fingerprint density at radius 3 is 2.56 bits per heavy atom. The van der Waals surface area contributed by atoms with Crippen LogP contribution in [0.2, 0.25) is 5.02 Å². The van der Waals surface area contributed by atoms with E-state index in [-0.39, 0.29) is 24.1 Å². The van der Waals surface area contributed by atoms with Crippen LogP contribution in [0.1, 0.15) is 18.4 Å². The fourth-order valence-corrected chi connectivity index (χ4v) is 2.80. The molecule has 2 rings (SSSR count). The van der Waals surface area contributed by atoms with Crippen molar-refractivity contribution in [2.75, 3.05) is 32.1 Å². The number of ether oxygens (including phenoxy) is 1. The van der Waals surface area contributed by atoms with Gasteiger partial charge < -0.3 is 15.0 Å². The van der Waals surface area contributed by atoms with Gasteiger partial charge in [0.15, 0.2) is 0 Å². The number of carbonyl (C=O) groups is 2. The smallest absolute Gasteiger partial charge is 0.381 e. The van der Waals surface area contributed by atoms with Gasteiger partial charge >= 0.3 is 6.18 Å². The summed E-state index contributed by atoms with van der Waals surface area (Å²) in [5, 5.41) is 1.91. The van der Waals surface area contributed by atoms with Crippen LogP contribution in [0.15, 0.2) is 18.2 Å². The quantitative estimate of drug-likeness (QED) is 0.875. The monoisotopic (exact) mass is 378 g/mol. The number of carbonyl (C=O) groups excluding carboxylic acids is 2. The number of likely N-dealkylation sites (N-methyl/N-ethyl adjacent to an activating group) is 1. The van der Waals surface area contributed by atoms with Crippen molar-refractivity contribution in [3.05, 3.63) is 28.8 Å². The van der Waals surface area contributed by atoms with Crippen molar-refractivity contribution in [2.24, 2.45) is 5.92 Å². The second-order valence-corrected chi connectivity index (χ2v) is 6.23. The van der Waals surface area contributed by atoms with Gasteiger partial charge in [0.05, 0.1) is 17.1 Å². The molecule has 1 N–H and O–H groups in total. The molecule has 5 nitrogen and oxygen atoms in total. The summed E-state index contributed by atoms with van der Waals surface area (Å²) in [7, 11) is 1.49. The van der Waals surface area contributed by atoms with Crippen molar-refractivity contribution >= 4 is 29.1 Å². The molecule has 1 aliphatic heterocycles. The number of hydrogen-bond donors (Lipinski definition) is 1. The Kier molecular flexibility index (Phi) is 6.29. The molecular formula is C16H18ClF3N2O3. The van der Waals surface area contributed by atoms with Crippen LogP contribution in [0.25, 0.3) is 0 Å². The molecule has 0 aromatic heterocycles. The molecule has 1 aromatic carbocycles. The van der Waals surface area contributed by atoms with E-state index in [2.05, 4.69) is 5.32 Å². The Hall–Kier alpha value is -1.80. The highest BCUT2D eigenvalue weighted by molar-refractivity contribution is 6.31. The number of halogens is 4. The standard InChI is InChI=1S/C16H18ClF3N2O3/c1-22(15(24)10-4-6-25-7-5-10)9-14(23)21-11-2-3-13(17)12(8-11)16(18,19)20/h2-3,8,10H,4-7,9H2,1H3,(H,21,23). The summed E-state index contributed by atoms with van der Waals surface area (Å²) >= 11 is 5.53. The minimum absolute atomic E-state index is 0.0337. The average molecular weight is 379 g/mol. The molecule has 0 aliphatic carbocycles. The van der Waals surface area contributed by atoms with Crippen molar-refractivity contribution in [3.63, 3.8) is 0 Å². The van der Waals surface area contributed by atoms with Gasteiger partial charge in [0.1, 0.15) is 0 Å². The summed E-state index contributed by atoms with van der Waals surface area (Å²) < 4.78 is 43.7. The second-order valence-electron chi connectivity index (χ2n) is 5.82. The lowest BCUT2D eigenvalue weighted by Crippen LogP contribution is -2.40. The van der Waals surface area contributed by atoms with Crippen LogP contribution >= 0.6 is 11.6 Å². The Bertz CT molecular complexity index is 646. The second kappa shape index (κ2) is 8.05. The minimum Gasteiger partial charge on any atom is -0.381 e. The van der Waals surface area contributed by atoms with E-state index >= 15 is 0 Å². The number of alkyl halides is 3. The number of hydrogen-bond acceptors (Lipinski definition) is 3. The molecule has 9 heteroatoms. The predicted molar refractivity (Wildman–Crippen MR) is 86.3 cm³/mol. The van der Waals surface area contributed by atoms with Crippen molar-refractivity contribution in [3.8, 4) is 0 Å². The maximum atomic E-state index is 12.8. The van der Waals surface area contributed by atoms with Gasteiger partial charge in [-0.2, -0.15) is 13.2 Å². The SMILES string of the molecule is CN(CC(=O)Nc1ccc(Cl)c(C(F)(F)F)c1)C(=O)C1CCOCC1. The molecule has 0 spiro atoms. The van der Waals surface area contributed by atoms with Crippen LogP contribution < -0.4 is 5.32 Å². The molecule has 1 heterocycles. The molecule has 1 fully saturated rings. The Morgan fingerprint density at radius 1 is 1.32 bits per heavy atom. The summed E-state index contributed by atoms with van der Waals surface area (Å²) in [6, 6.07) is 3.10. The molecule has 1 aromatic rings. The number of amides is 2. The number of rotatable bonds is 4. The zero-order chi connectivity index (χ0) is 18.6. The summed E-state index contributed by atoms with van der Waals surface area (Å²) in [6.07, 6.45) is -3.43. The number of nitrogens with one attached hydrogen (secondary N) is 1. The van der Waals surface area contributed by atoms with Crippen molar-refractivity contribution < 1.29 is 27.5 Å². The maximum absolute atomic E-state index is 12.8. The number of anilines is 1. The van der Waals surface area contributed by atoms with Crippen molar-refractivity contribution in [2.45, 2.75) is 19.0 Å². The first kappa shape index (κ1) is 19.5. The van der Waals surface area contributed by atoms with E-state index in [0.29, 0.717) is 26.1 Å². The molecular weight excluding hydrogens is 361 g/mol. The lowest BCUT2D eigenvalue weighted by atomic mass is 9.99. The molecule has 0 atom stereocenters. The average Bonchev–Trinajstić information content (AvgIpc) is 2.55. The third-order valence-corrected chi connectivity index (χ3v) is 4.21. The van der Waals surface area contributed by atoms with Crippen LogP contribution in [0, 0.1) is 5.92 Å². The molecule has 1 saturated heterocycles. The summed E-state index contributed by atoms with van der Waals surface area (Å²) in [4.78, 5) is 25.5. The maximum Gasteiger partial charge on any atom is 0.417 e. The van der Waals surface area contributed by atoms with E-state index in [1.807, 2.05) is 0 Å². The molecule has 138 valence electrons. The van der Waals surface area contributed by atoms with E-state index in [1.54, 1.807) is 0 Å². The fourth-order valence-electron chi connectivity index (χ4n) is 2.57. The summed E-state index contributed by atoms with van der Waals surface area (Å²) in [6.45, 7) is 0.753. The zero-order valence-corrected chi connectivity index (χ0v) is 14.3. The lowest BCUT2D eigenvalue weighted by molar-refractivity contribution is -0.139. The first-order valence-electron chi connectivity index (χ1n) is 7.68. The van der Waals surface area contributed by atoms with Gasteiger partial charge in [0, 0.05) is 31.9 Å². The summed E-state index contributed by atoms with van der Waals surface area (Å²) in [5.41, 5.74) is -1.06. The van der Waals surface area contributed by atoms with Crippen LogP contribution in [0.3, 0.4) is 0 Å². The third kappa shape index (κ3) is 5.34. The van der Waals surface area contributed by atoms with Crippen LogP contribution in [-0.4, -0.2) is 43.5 Å². The Balaban J connectivity index is 1.96. The third-order valence-electron chi connectivity index (χ3n) is 3.88. The predicted octanol–water partition coefficient (Wildman–Crippen LogP) is 3.18. The van der Waals surface area contributed by atoms with E-state index in [4.69, 9.17) is 16.3 Å². The van der Waals surface area contributed by atoms with Gasteiger partial charge in [0.2, 0.25) is 11.8 Å². The van der Waals surface area contributed by atoms with Crippen molar-refractivity contribution in [1.29, 1.82) is 0 Å². The lowest BCUT2D eigenvalue weighted by Gasteiger charge is -2.26. The van der Waals surface area contributed by atoms with Gasteiger partial charge in [-0.05, 0) is 31.0 Å².